The van der Waals surface area contributed by atoms with Crippen molar-refractivity contribution in [2.75, 3.05) is 4.90 Å². The first kappa shape index (κ1) is 39.1. The summed E-state index contributed by atoms with van der Waals surface area (Å²) < 4.78 is 2.58. The summed E-state index contributed by atoms with van der Waals surface area (Å²) in [7, 11) is 0. The van der Waals surface area contributed by atoms with Crippen molar-refractivity contribution in [1.82, 2.24) is 0 Å². The monoisotopic (exact) mass is 869 g/mol. The number of fused-ring (bicyclic) bond motifs is 7. The molecule has 0 N–H and O–H groups in total. The van der Waals surface area contributed by atoms with Gasteiger partial charge in [-0.05, 0) is 103 Å². The molecular weight excluding hydrogens is 827 g/mol. The van der Waals surface area contributed by atoms with E-state index in [0.29, 0.717) is 0 Å². The van der Waals surface area contributed by atoms with Crippen LogP contribution in [0, 0.1) is 0 Å². The van der Waals surface area contributed by atoms with E-state index in [-0.39, 0.29) is 0 Å². The molecular formula is C65H43NS. The number of nitrogens with zero attached hydrogens (tertiary/aromatic N) is 1. The molecule has 2 heteroatoms. The standard InChI is InChI=1S/C65H43NS/c1-4-20-44(21-5-1)46-24-16-29-50(42-46)66(60-38-19-35-57-53-31-12-14-36-58(53)65(64(57)60,48-25-6-2-7-26-48)49-27-8-3-9-28-49)59-37-18-34-56(52-33-17-23-45-22-10-11-30-51(45)52)63(59)47-40-41-55-54-32-13-15-39-61(54)67-62(55)43-47/h1-43H. The van der Waals surface area contributed by atoms with Gasteiger partial charge in [-0.25, -0.2) is 0 Å². The summed E-state index contributed by atoms with van der Waals surface area (Å²) in [6.07, 6.45) is 0. The van der Waals surface area contributed by atoms with E-state index in [1.165, 1.54) is 92.1 Å². The molecule has 1 aliphatic rings. The number of benzene rings is 11. The molecule has 1 nitrogen and oxygen atoms in total. The van der Waals surface area contributed by atoms with E-state index < -0.39 is 5.41 Å². The summed E-state index contributed by atoms with van der Waals surface area (Å²) in [6.45, 7) is 0. The zero-order valence-electron chi connectivity index (χ0n) is 36.7. The van der Waals surface area contributed by atoms with Gasteiger partial charge in [-0.3, -0.25) is 0 Å². The Bertz CT molecular complexity index is 3770. The third-order valence-corrected chi connectivity index (χ3v) is 15.1. The van der Waals surface area contributed by atoms with E-state index in [1.54, 1.807) is 0 Å². The molecule has 0 spiro atoms. The highest BCUT2D eigenvalue weighted by atomic mass is 32.1. The van der Waals surface area contributed by atoms with Crippen LogP contribution in [0.2, 0.25) is 0 Å². The molecule has 1 aromatic heterocycles. The smallest absolute Gasteiger partial charge is 0.0734 e. The molecule has 0 atom stereocenters. The molecule has 0 bridgehead atoms. The Labute approximate surface area is 395 Å². The summed E-state index contributed by atoms with van der Waals surface area (Å²) >= 11 is 1.87. The van der Waals surface area contributed by atoms with Crippen LogP contribution in [0.5, 0.6) is 0 Å². The lowest BCUT2D eigenvalue weighted by Crippen LogP contribution is -2.30. The second-order valence-corrected chi connectivity index (χ2v) is 18.6. The topological polar surface area (TPSA) is 3.24 Å². The molecule has 0 radical (unpaired) electrons. The first-order valence-electron chi connectivity index (χ1n) is 23.1. The predicted octanol–water partition coefficient (Wildman–Crippen LogP) is 18.0. The van der Waals surface area contributed by atoms with Crippen LogP contribution < -0.4 is 4.90 Å². The normalized spacial score (nSPS) is 12.6. The molecule has 12 aromatic rings. The van der Waals surface area contributed by atoms with Gasteiger partial charge in [0, 0.05) is 37.0 Å². The maximum Gasteiger partial charge on any atom is 0.0734 e. The maximum atomic E-state index is 2.58. The minimum atomic E-state index is -0.635. The number of hydrogen-bond donors (Lipinski definition) is 0. The van der Waals surface area contributed by atoms with Crippen LogP contribution in [0.25, 0.3) is 75.5 Å². The number of rotatable bonds is 8. The van der Waals surface area contributed by atoms with E-state index in [0.717, 1.165) is 22.6 Å². The minimum absolute atomic E-state index is 0.635. The molecule has 0 saturated carbocycles. The number of anilines is 3. The lowest BCUT2D eigenvalue weighted by Gasteiger charge is -2.38. The van der Waals surface area contributed by atoms with Crippen molar-refractivity contribution in [3.8, 4) is 44.5 Å². The Morgan fingerprint density at radius 1 is 0.328 bits per heavy atom. The molecule has 11 aromatic carbocycles. The summed E-state index contributed by atoms with van der Waals surface area (Å²) in [5, 5.41) is 5.04. The Morgan fingerprint density at radius 2 is 0.896 bits per heavy atom. The van der Waals surface area contributed by atoms with E-state index in [9.17, 15) is 0 Å². The van der Waals surface area contributed by atoms with Gasteiger partial charge in [0.05, 0.1) is 16.8 Å². The average Bonchev–Trinajstić information content (AvgIpc) is 3.93. The zero-order chi connectivity index (χ0) is 44.3. The Hall–Kier alpha value is -8.30. The molecule has 67 heavy (non-hydrogen) atoms. The molecule has 0 saturated heterocycles. The Balaban J connectivity index is 1.18. The quantitative estimate of drug-likeness (QED) is 0.147. The van der Waals surface area contributed by atoms with Crippen molar-refractivity contribution in [2.24, 2.45) is 0 Å². The third-order valence-electron chi connectivity index (χ3n) is 13.9. The van der Waals surface area contributed by atoms with Gasteiger partial charge in [0.2, 0.25) is 0 Å². The summed E-state index contributed by atoms with van der Waals surface area (Å²) in [6, 6.07) is 96.7. The first-order chi connectivity index (χ1) is 33.3. The van der Waals surface area contributed by atoms with Crippen molar-refractivity contribution >= 4 is 59.3 Å². The fourth-order valence-corrected chi connectivity index (χ4v) is 12.3. The first-order valence-corrected chi connectivity index (χ1v) is 23.9. The molecule has 0 amide bonds. The lowest BCUT2D eigenvalue weighted by atomic mass is 9.67. The lowest BCUT2D eigenvalue weighted by molar-refractivity contribution is 0.768. The van der Waals surface area contributed by atoms with Gasteiger partial charge in [-0.2, -0.15) is 0 Å². The van der Waals surface area contributed by atoms with Gasteiger partial charge < -0.3 is 4.90 Å². The zero-order valence-corrected chi connectivity index (χ0v) is 37.5. The van der Waals surface area contributed by atoms with Gasteiger partial charge >= 0.3 is 0 Å². The van der Waals surface area contributed by atoms with Crippen LogP contribution in [-0.4, -0.2) is 0 Å². The highest BCUT2D eigenvalue weighted by Gasteiger charge is 2.48. The Kier molecular flexibility index (Phi) is 9.33. The summed E-state index contributed by atoms with van der Waals surface area (Å²) in [5.41, 5.74) is 17.3. The molecule has 0 fully saturated rings. The van der Waals surface area contributed by atoms with E-state index in [1.807, 2.05) is 11.3 Å². The van der Waals surface area contributed by atoms with Gasteiger partial charge in [0.25, 0.3) is 0 Å². The van der Waals surface area contributed by atoms with E-state index in [2.05, 4.69) is 266 Å². The fraction of sp³-hybridized carbons (Fsp3) is 0.0154. The van der Waals surface area contributed by atoms with Gasteiger partial charge in [-0.15, -0.1) is 11.3 Å². The molecule has 314 valence electrons. The van der Waals surface area contributed by atoms with Gasteiger partial charge in [0.15, 0.2) is 0 Å². The highest BCUT2D eigenvalue weighted by molar-refractivity contribution is 7.25. The third kappa shape index (κ3) is 6.22. The van der Waals surface area contributed by atoms with Crippen LogP contribution in [-0.2, 0) is 5.41 Å². The van der Waals surface area contributed by atoms with Gasteiger partial charge in [-0.1, -0.05) is 224 Å². The van der Waals surface area contributed by atoms with Crippen molar-refractivity contribution < 1.29 is 0 Å². The number of thiophene rings is 1. The number of hydrogen-bond acceptors (Lipinski definition) is 2. The van der Waals surface area contributed by atoms with E-state index >= 15 is 0 Å². The molecule has 0 aliphatic heterocycles. The van der Waals surface area contributed by atoms with E-state index in [4.69, 9.17) is 0 Å². The van der Waals surface area contributed by atoms with Crippen LogP contribution >= 0.6 is 11.3 Å². The molecule has 1 heterocycles. The van der Waals surface area contributed by atoms with Crippen LogP contribution in [0.15, 0.2) is 261 Å². The minimum Gasteiger partial charge on any atom is -0.309 e. The molecule has 1 aliphatic carbocycles. The predicted molar refractivity (Wildman–Crippen MR) is 285 cm³/mol. The second kappa shape index (κ2) is 16.0. The van der Waals surface area contributed by atoms with Crippen LogP contribution in [0.3, 0.4) is 0 Å². The SMILES string of the molecule is c1ccc(-c2cccc(N(c3cccc(-c4cccc5ccccc45)c3-c3ccc4c(c3)sc3ccccc34)c3cccc4c3C(c3ccccc3)(c3ccccc3)c3ccccc3-4)c2)cc1. The highest BCUT2D eigenvalue weighted by Crippen LogP contribution is 2.61. The van der Waals surface area contributed by atoms with Crippen molar-refractivity contribution in [3.05, 3.63) is 283 Å². The largest absolute Gasteiger partial charge is 0.309 e. The van der Waals surface area contributed by atoms with Crippen LogP contribution in [0.1, 0.15) is 22.3 Å². The van der Waals surface area contributed by atoms with Crippen molar-refractivity contribution in [2.45, 2.75) is 5.41 Å². The van der Waals surface area contributed by atoms with Gasteiger partial charge in [0.1, 0.15) is 0 Å². The summed E-state index contributed by atoms with van der Waals surface area (Å²) in [4.78, 5) is 2.58. The van der Waals surface area contributed by atoms with Crippen molar-refractivity contribution in [3.63, 3.8) is 0 Å². The average molecular weight is 870 g/mol. The molecule has 13 rings (SSSR count). The van der Waals surface area contributed by atoms with Crippen molar-refractivity contribution in [1.29, 1.82) is 0 Å². The Morgan fingerprint density at radius 3 is 1.70 bits per heavy atom. The fourth-order valence-electron chi connectivity index (χ4n) is 11.1. The molecule has 0 unspecified atom stereocenters. The second-order valence-electron chi connectivity index (χ2n) is 17.5. The van der Waals surface area contributed by atoms with Crippen LogP contribution in [0.4, 0.5) is 17.1 Å². The summed E-state index contributed by atoms with van der Waals surface area (Å²) in [5.74, 6) is 0. The maximum absolute atomic E-state index is 2.58.